The van der Waals surface area contributed by atoms with Gasteiger partial charge >= 0.3 is 0 Å². The molecule has 1 N–H and O–H groups in total. The maximum atomic E-state index is 13.9. The smallest absolute Gasteiger partial charge is 0.266 e. The molecule has 10 heteroatoms. The van der Waals surface area contributed by atoms with E-state index in [4.69, 9.17) is 0 Å². The molecule has 1 unspecified atom stereocenters. The van der Waals surface area contributed by atoms with Crippen molar-refractivity contribution in [2.75, 3.05) is 10.8 Å². The zero-order valence-corrected chi connectivity index (χ0v) is 16.9. The number of carbonyl (C=O) groups is 1. The summed E-state index contributed by atoms with van der Waals surface area (Å²) in [5, 5.41) is 4.27. The maximum Gasteiger partial charge on any atom is 0.266 e. The second kappa shape index (κ2) is 8.66. The highest BCUT2D eigenvalue weighted by molar-refractivity contribution is 7.93. The Labute approximate surface area is 170 Å². The Bertz CT molecular complexity index is 1090. The van der Waals surface area contributed by atoms with E-state index in [1.807, 2.05) is 0 Å². The Morgan fingerprint density at radius 3 is 2.55 bits per heavy atom. The van der Waals surface area contributed by atoms with Gasteiger partial charge in [-0.1, -0.05) is 24.3 Å². The van der Waals surface area contributed by atoms with Crippen molar-refractivity contribution in [3.63, 3.8) is 0 Å². The summed E-state index contributed by atoms with van der Waals surface area (Å²) in [4.78, 5) is 16.6. The number of amides is 1. The molecule has 0 fully saturated rings. The molecule has 0 aliphatic carbocycles. The van der Waals surface area contributed by atoms with Crippen LogP contribution in [0.4, 0.5) is 13.9 Å². The molecule has 0 spiro atoms. The Morgan fingerprint density at radius 2 is 1.93 bits per heavy atom. The second-order valence-electron chi connectivity index (χ2n) is 6.09. The summed E-state index contributed by atoms with van der Waals surface area (Å²) in [5.74, 6) is -2.18. The first-order valence-electron chi connectivity index (χ1n) is 8.50. The van der Waals surface area contributed by atoms with Crippen molar-refractivity contribution in [1.82, 2.24) is 10.3 Å². The van der Waals surface area contributed by atoms with Crippen LogP contribution in [-0.4, -0.2) is 25.9 Å². The van der Waals surface area contributed by atoms with Crippen LogP contribution in [0.15, 0.2) is 65.0 Å². The van der Waals surface area contributed by atoms with Crippen LogP contribution in [0.5, 0.6) is 0 Å². The van der Waals surface area contributed by atoms with Gasteiger partial charge in [-0.3, -0.25) is 4.79 Å². The van der Waals surface area contributed by atoms with Gasteiger partial charge in [-0.05, 0) is 25.1 Å². The van der Waals surface area contributed by atoms with Gasteiger partial charge in [-0.15, -0.1) is 11.3 Å². The van der Waals surface area contributed by atoms with E-state index in [1.165, 1.54) is 31.3 Å². The molecule has 6 nitrogen and oxygen atoms in total. The number of halogens is 2. The second-order valence-corrected chi connectivity index (χ2v) is 8.83. The topological polar surface area (TPSA) is 79.4 Å². The lowest BCUT2D eigenvalue weighted by Gasteiger charge is -2.23. The lowest BCUT2D eigenvalue weighted by atomic mass is 10.1. The Morgan fingerprint density at radius 1 is 1.21 bits per heavy atom. The van der Waals surface area contributed by atoms with Gasteiger partial charge in [-0.2, -0.15) is 0 Å². The molecule has 0 aliphatic rings. The van der Waals surface area contributed by atoms with Crippen LogP contribution >= 0.6 is 11.3 Å². The molecule has 3 aromatic rings. The number of anilines is 1. The fraction of sp³-hybridized carbons (Fsp3) is 0.158. The molecule has 1 amide bonds. The van der Waals surface area contributed by atoms with Gasteiger partial charge in [0.1, 0.15) is 18.2 Å². The van der Waals surface area contributed by atoms with Gasteiger partial charge in [0.05, 0.1) is 10.9 Å². The molecule has 0 saturated heterocycles. The maximum absolute atomic E-state index is 13.9. The van der Waals surface area contributed by atoms with Crippen LogP contribution in [0.3, 0.4) is 0 Å². The van der Waals surface area contributed by atoms with Crippen molar-refractivity contribution in [2.45, 2.75) is 17.9 Å². The quantitative estimate of drug-likeness (QED) is 0.614. The van der Waals surface area contributed by atoms with Crippen molar-refractivity contribution in [1.29, 1.82) is 0 Å². The predicted octanol–water partition coefficient (Wildman–Crippen LogP) is 3.49. The number of benzene rings is 2. The van der Waals surface area contributed by atoms with Crippen molar-refractivity contribution < 1.29 is 22.0 Å². The SMILES string of the molecule is CC(NC(=O)CN(c1nccs1)S(=O)(=O)c1ccccc1)c1ccc(F)cc1F. The van der Waals surface area contributed by atoms with Crippen molar-refractivity contribution in [3.05, 3.63) is 77.3 Å². The molecule has 152 valence electrons. The van der Waals surface area contributed by atoms with E-state index in [9.17, 15) is 22.0 Å². The van der Waals surface area contributed by atoms with Crippen LogP contribution in [0.1, 0.15) is 18.5 Å². The highest BCUT2D eigenvalue weighted by Gasteiger charge is 2.29. The molecule has 1 atom stereocenters. The molecule has 29 heavy (non-hydrogen) atoms. The summed E-state index contributed by atoms with van der Waals surface area (Å²) in [6.45, 7) is 0.978. The summed E-state index contributed by atoms with van der Waals surface area (Å²) in [6, 6.07) is 9.92. The van der Waals surface area contributed by atoms with E-state index in [2.05, 4.69) is 10.3 Å². The van der Waals surface area contributed by atoms with E-state index in [-0.39, 0.29) is 15.6 Å². The highest BCUT2D eigenvalue weighted by atomic mass is 32.2. The summed E-state index contributed by atoms with van der Waals surface area (Å²) < 4.78 is 54.0. The fourth-order valence-electron chi connectivity index (χ4n) is 2.66. The lowest BCUT2D eigenvalue weighted by molar-refractivity contribution is -0.120. The van der Waals surface area contributed by atoms with Crippen LogP contribution in [0, 0.1) is 11.6 Å². The summed E-state index contributed by atoms with van der Waals surface area (Å²) >= 11 is 1.07. The van der Waals surface area contributed by atoms with Gasteiger partial charge in [0.25, 0.3) is 10.0 Å². The normalized spacial score (nSPS) is 12.4. The first-order valence-corrected chi connectivity index (χ1v) is 10.8. The van der Waals surface area contributed by atoms with Crippen LogP contribution in [0.25, 0.3) is 0 Å². The number of carbonyl (C=O) groups excluding carboxylic acids is 1. The zero-order chi connectivity index (χ0) is 21.0. The first kappa shape index (κ1) is 20.9. The van der Waals surface area contributed by atoms with Gasteiger partial charge in [0.15, 0.2) is 5.13 Å². The molecular formula is C19H17F2N3O3S2. The third kappa shape index (κ3) is 4.77. The molecule has 0 saturated carbocycles. The number of aromatic nitrogens is 1. The molecule has 1 heterocycles. The largest absolute Gasteiger partial charge is 0.348 e. The molecular weight excluding hydrogens is 420 g/mol. The molecule has 3 rings (SSSR count). The highest BCUT2D eigenvalue weighted by Crippen LogP contribution is 2.25. The number of nitrogens with zero attached hydrogens (tertiary/aromatic N) is 2. The van der Waals surface area contributed by atoms with E-state index in [0.717, 1.165) is 27.8 Å². The van der Waals surface area contributed by atoms with Gasteiger partial charge in [0, 0.05) is 23.2 Å². The van der Waals surface area contributed by atoms with Crippen LogP contribution in [-0.2, 0) is 14.8 Å². The number of thiazole rings is 1. The van der Waals surface area contributed by atoms with Gasteiger partial charge < -0.3 is 5.32 Å². The van der Waals surface area contributed by atoms with Crippen molar-refractivity contribution >= 4 is 32.4 Å². The van der Waals surface area contributed by atoms with Crippen LogP contribution in [0.2, 0.25) is 0 Å². The minimum Gasteiger partial charge on any atom is -0.348 e. The first-order chi connectivity index (χ1) is 13.8. The van der Waals surface area contributed by atoms with E-state index in [0.29, 0.717) is 0 Å². The molecule has 1 aromatic heterocycles. The molecule has 2 aromatic carbocycles. The van der Waals surface area contributed by atoms with Crippen molar-refractivity contribution in [2.24, 2.45) is 0 Å². The summed E-state index contributed by atoms with van der Waals surface area (Å²) in [7, 11) is -4.04. The third-order valence-corrected chi connectivity index (χ3v) is 6.72. The van der Waals surface area contributed by atoms with Crippen LogP contribution < -0.4 is 9.62 Å². The zero-order valence-electron chi connectivity index (χ0n) is 15.2. The minimum absolute atomic E-state index is 0.0145. The Hall–Kier alpha value is -2.85. The molecule has 0 aliphatic heterocycles. The lowest BCUT2D eigenvalue weighted by Crippen LogP contribution is -2.41. The minimum atomic E-state index is -4.04. The van der Waals surface area contributed by atoms with E-state index < -0.39 is 40.2 Å². The third-order valence-electron chi connectivity index (χ3n) is 4.06. The number of sulfonamides is 1. The molecule has 0 bridgehead atoms. The van der Waals surface area contributed by atoms with E-state index in [1.54, 1.807) is 23.6 Å². The van der Waals surface area contributed by atoms with E-state index >= 15 is 0 Å². The number of rotatable bonds is 7. The standard InChI is InChI=1S/C19H17F2N3O3S2/c1-13(16-8-7-14(20)11-17(16)21)23-18(25)12-24(19-22-9-10-28-19)29(26,27)15-5-3-2-4-6-15/h2-11,13H,12H2,1H3,(H,23,25). The number of hydrogen-bond acceptors (Lipinski definition) is 5. The Kier molecular flexibility index (Phi) is 6.23. The summed E-state index contributed by atoms with van der Waals surface area (Å²) in [6.07, 6.45) is 1.43. The monoisotopic (exact) mass is 437 g/mol. The average molecular weight is 437 g/mol. The van der Waals surface area contributed by atoms with Crippen molar-refractivity contribution in [3.8, 4) is 0 Å². The average Bonchev–Trinajstić information content (AvgIpc) is 3.20. The number of hydrogen-bond donors (Lipinski definition) is 1. The van der Waals surface area contributed by atoms with Gasteiger partial charge in [-0.25, -0.2) is 26.5 Å². The summed E-state index contributed by atoms with van der Waals surface area (Å²) in [5.41, 5.74) is 0.0893. The van der Waals surface area contributed by atoms with Gasteiger partial charge in [0.2, 0.25) is 5.91 Å². The molecule has 0 radical (unpaired) electrons. The number of nitrogens with one attached hydrogen (secondary N) is 1. The predicted molar refractivity (Wildman–Crippen MR) is 106 cm³/mol. The fourth-order valence-corrected chi connectivity index (χ4v) is 4.93. The Balaban J connectivity index is 1.82.